The summed E-state index contributed by atoms with van der Waals surface area (Å²) in [6.45, 7) is 4.59. The first-order valence-electron chi connectivity index (χ1n) is 6.54. The van der Waals surface area contributed by atoms with Crippen LogP contribution >= 0.6 is 7.92 Å². The van der Waals surface area contributed by atoms with Gasteiger partial charge in [-0.1, -0.05) is 66.7 Å². The summed E-state index contributed by atoms with van der Waals surface area (Å²) in [5.41, 5.74) is 1.40. The fourth-order valence-electron chi connectivity index (χ4n) is 2.59. The second kappa shape index (κ2) is 5.15. The van der Waals surface area contributed by atoms with Crippen molar-refractivity contribution in [3.63, 3.8) is 0 Å². The van der Waals surface area contributed by atoms with E-state index in [1.165, 1.54) is 26.9 Å². The molecule has 3 aromatic rings. The van der Waals surface area contributed by atoms with Gasteiger partial charge < -0.3 is 0 Å². The third-order valence-electron chi connectivity index (χ3n) is 3.58. The number of benzene rings is 3. The van der Waals surface area contributed by atoms with Gasteiger partial charge in [0, 0.05) is 0 Å². The Labute approximate surface area is 115 Å². The molecular weight excluding hydrogens is 247 g/mol. The van der Waals surface area contributed by atoms with Crippen LogP contribution in [0.2, 0.25) is 0 Å². The number of hydrogen-bond acceptors (Lipinski definition) is 0. The normalized spacial score (nSPS) is 12.5. The van der Waals surface area contributed by atoms with Gasteiger partial charge in [0.05, 0.1) is 0 Å². The molecule has 0 N–H and O–H groups in total. The Balaban J connectivity index is 2.22. The average molecular weight is 264 g/mol. The molecule has 0 fully saturated rings. The molecule has 1 unspecified atom stereocenters. The van der Waals surface area contributed by atoms with Gasteiger partial charge in [-0.2, -0.15) is 0 Å². The Hall–Kier alpha value is -1.65. The first kappa shape index (κ1) is 12.4. The molecule has 0 aliphatic rings. The van der Waals surface area contributed by atoms with E-state index in [0.29, 0.717) is 0 Å². The lowest BCUT2D eigenvalue weighted by molar-refractivity contribution is 1.54. The summed E-state index contributed by atoms with van der Waals surface area (Å²) < 4.78 is 0. The Bertz CT molecular complexity index is 701. The Morgan fingerprint density at radius 3 is 2.21 bits per heavy atom. The van der Waals surface area contributed by atoms with Crippen LogP contribution < -0.4 is 10.6 Å². The lowest BCUT2D eigenvalue weighted by Crippen LogP contribution is -2.14. The van der Waals surface area contributed by atoms with Crippen molar-refractivity contribution >= 4 is 29.3 Å². The van der Waals surface area contributed by atoms with E-state index in [1.807, 2.05) is 0 Å². The molecule has 19 heavy (non-hydrogen) atoms. The second-order valence-corrected chi connectivity index (χ2v) is 6.93. The number of rotatable bonds is 2. The van der Waals surface area contributed by atoms with Crippen LogP contribution in [0.15, 0.2) is 66.7 Å². The van der Waals surface area contributed by atoms with E-state index < -0.39 is 0 Å². The third-order valence-corrected chi connectivity index (χ3v) is 5.92. The number of fused-ring (bicyclic) bond motifs is 1. The Morgan fingerprint density at radius 2 is 1.42 bits per heavy atom. The molecule has 0 saturated carbocycles. The van der Waals surface area contributed by atoms with Gasteiger partial charge in [0.25, 0.3) is 0 Å². The standard InChI is InChI=1S/C18H17P/c1-14-12-13-15-8-6-7-11-17(15)18(14)19(2)16-9-4-3-5-10-16/h3-13H,1-2H3. The molecule has 94 valence electrons. The summed E-state index contributed by atoms with van der Waals surface area (Å²) in [6, 6.07) is 24.0. The fourth-order valence-corrected chi connectivity index (χ4v) is 4.64. The molecule has 0 spiro atoms. The average Bonchev–Trinajstić information content (AvgIpc) is 2.47. The lowest BCUT2D eigenvalue weighted by Gasteiger charge is -2.18. The molecule has 3 aromatic carbocycles. The summed E-state index contributed by atoms with van der Waals surface area (Å²) in [5.74, 6) is 0. The van der Waals surface area contributed by atoms with Crippen LogP contribution in [0.5, 0.6) is 0 Å². The minimum Gasteiger partial charge on any atom is -0.0622 e. The maximum absolute atomic E-state index is 2.36. The van der Waals surface area contributed by atoms with Gasteiger partial charge in [0.1, 0.15) is 0 Å². The molecule has 1 atom stereocenters. The Morgan fingerprint density at radius 1 is 0.737 bits per heavy atom. The molecular formula is C18H17P. The molecule has 0 aliphatic carbocycles. The van der Waals surface area contributed by atoms with Crippen LogP contribution in [0.25, 0.3) is 10.8 Å². The maximum Gasteiger partial charge on any atom is -0.00907 e. The van der Waals surface area contributed by atoms with Crippen LogP contribution in [-0.4, -0.2) is 6.66 Å². The van der Waals surface area contributed by atoms with E-state index in [0.717, 1.165) is 0 Å². The third kappa shape index (κ3) is 2.29. The molecule has 0 aromatic heterocycles. The molecule has 0 amide bonds. The second-order valence-electron chi connectivity index (χ2n) is 4.85. The van der Waals surface area contributed by atoms with E-state index in [1.54, 1.807) is 0 Å². The Kier molecular flexibility index (Phi) is 3.36. The summed E-state index contributed by atoms with van der Waals surface area (Å²) >= 11 is 0. The van der Waals surface area contributed by atoms with Gasteiger partial charge in [-0.15, -0.1) is 0 Å². The van der Waals surface area contributed by atoms with Crippen molar-refractivity contribution in [3.8, 4) is 0 Å². The molecule has 1 heteroatoms. The number of aryl methyl sites for hydroxylation is 1. The van der Waals surface area contributed by atoms with Crippen molar-refractivity contribution in [1.29, 1.82) is 0 Å². The van der Waals surface area contributed by atoms with Crippen molar-refractivity contribution in [1.82, 2.24) is 0 Å². The highest BCUT2D eigenvalue weighted by Gasteiger charge is 2.13. The van der Waals surface area contributed by atoms with Gasteiger partial charge in [0.2, 0.25) is 0 Å². The smallest absolute Gasteiger partial charge is 0.00907 e. The zero-order valence-electron chi connectivity index (χ0n) is 11.3. The molecule has 3 rings (SSSR count). The van der Waals surface area contributed by atoms with Crippen LogP contribution in [-0.2, 0) is 0 Å². The van der Waals surface area contributed by atoms with E-state index >= 15 is 0 Å². The van der Waals surface area contributed by atoms with Gasteiger partial charge in [-0.25, -0.2) is 0 Å². The van der Waals surface area contributed by atoms with Crippen LogP contribution in [0.1, 0.15) is 5.56 Å². The molecule has 0 bridgehead atoms. The minimum absolute atomic E-state index is 0.291. The SMILES string of the molecule is Cc1ccc2ccccc2c1P(C)c1ccccc1. The molecule has 0 aliphatic heterocycles. The molecule has 0 radical (unpaired) electrons. The largest absolute Gasteiger partial charge is 0.0622 e. The zero-order chi connectivity index (χ0) is 13.2. The first-order valence-corrected chi connectivity index (χ1v) is 8.33. The summed E-state index contributed by atoms with van der Waals surface area (Å²) in [7, 11) is -0.291. The van der Waals surface area contributed by atoms with Crippen molar-refractivity contribution in [2.75, 3.05) is 6.66 Å². The highest BCUT2D eigenvalue weighted by atomic mass is 31.1. The lowest BCUT2D eigenvalue weighted by atomic mass is 10.1. The van der Waals surface area contributed by atoms with Gasteiger partial charge in [-0.05, 0) is 48.5 Å². The van der Waals surface area contributed by atoms with Crippen molar-refractivity contribution < 1.29 is 0 Å². The molecule has 0 saturated heterocycles. The van der Waals surface area contributed by atoms with Crippen LogP contribution in [0.4, 0.5) is 0 Å². The van der Waals surface area contributed by atoms with Crippen LogP contribution in [0, 0.1) is 6.92 Å². The number of hydrogen-bond donors (Lipinski definition) is 0. The van der Waals surface area contributed by atoms with E-state index in [-0.39, 0.29) is 7.92 Å². The summed E-state index contributed by atoms with van der Waals surface area (Å²) in [4.78, 5) is 0. The monoisotopic (exact) mass is 264 g/mol. The van der Waals surface area contributed by atoms with Crippen LogP contribution in [0.3, 0.4) is 0 Å². The van der Waals surface area contributed by atoms with E-state index in [2.05, 4.69) is 80.3 Å². The zero-order valence-corrected chi connectivity index (χ0v) is 12.2. The fraction of sp³-hybridized carbons (Fsp3) is 0.111. The highest BCUT2D eigenvalue weighted by molar-refractivity contribution is 7.72. The minimum atomic E-state index is -0.291. The first-order chi connectivity index (χ1) is 9.27. The van der Waals surface area contributed by atoms with Crippen molar-refractivity contribution in [2.24, 2.45) is 0 Å². The topological polar surface area (TPSA) is 0 Å². The maximum atomic E-state index is 2.36. The predicted octanol–water partition coefficient (Wildman–Crippen LogP) is 4.21. The van der Waals surface area contributed by atoms with E-state index in [4.69, 9.17) is 0 Å². The quantitative estimate of drug-likeness (QED) is 0.608. The summed E-state index contributed by atoms with van der Waals surface area (Å²) in [6.07, 6.45) is 0. The molecule has 0 heterocycles. The van der Waals surface area contributed by atoms with Gasteiger partial charge in [-0.3, -0.25) is 0 Å². The van der Waals surface area contributed by atoms with E-state index in [9.17, 15) is 0 Å². The van der Waals surface area contributed by atoms with Gasteiger partial charge >= 0.3 is 0 Å². The predicted molar refractivity (Wildman–Crippen MR) is 87.2 cm³/mol. The van der Waals surface area contributed by atoms with Gasteiger partial charge in [0.15, 0.2) is 0 Å². The highest BCUT2D eigenvalue weighted by Crippen LogP contribution is 2.33. The molecule has 0 nitrogen and oxygen atoms in total. The summed E-state index contributed by atoms with van der Waals surface area (Å²) in [5, 5.41) is 5.70. The van der Waals surface area contributed by atoms with Crippen molar-refractivity contribution in [2.45, 2.75) is 6.92 Å². The van der Waals surface area contributed by atoms with Crippen molar-refractivity contribution in [3.05, 3.63) is 72.3 Å².